The molecule has 1 heterocycles. The molecular weight excluding hydrogens is 223 g/mol. The Labute approximate surface area is 92.2 Å². The van der Waals surface area contributed by atoms with Crippen molar-refractivity contribution >= 4 is 5.91 Å². The molecule has 1 amide bonds. The summed E-state index contributed by atoms with van der Waals surface area (Å²) in [5.41, 5.74) is -0.868. The van der Waals surface area contributed by atoms with Gasteiger partial charge in [0.2, 0.25) is 5.91 Å². The fourth-order valence-corrected chi connectivity index (χ4v) is 1.80. The molecule has 1 rings (SSSR count). The van der Waals surface area contributed by atoms with Crippen LogP contribution in [-0.2, 0) is 4.79 Å². The monoisotopic (exact) mass is 239 g/mol. The van der Waals surface area contributed by atoms with E-state index in [0.29, 0.717) is 25.8 Å². The number of carbonyl (C=O) groups is 1. The van der Waals surface area contributed by atoms with Crippen LogP contribution in [0.3, 0.4) is 0 Å². The smallest absolute Gasteiger partial charge is 0.390 e. The first-order chi connectivity index (χ1) is 7.20. The maximum atomic E-state index is 12.0. The van der Waals surface area contributed by atoms with Crippen LogP contribution in [0.5, 0.6) is 0 Å². The van der Waals surface area contributed by atoms with E-state index in [2.05, 4.69) is 0 Å². The molecule has 3 nitrogen and oxygen atoms in total. The summed E-state index contributed by atoms with van der Waals surface area (Å²) in [6, 6.07) is 0. The van der Waals surface area contributed by atoms with Crippen molar-refractivity contribution in [2.24, 2.45) is 0 Å². The van der Waals surface area contributed by atoms with Gasteiger partial charge in [0.25, 0.3) is 0 Å². The van der Waals surface area contributed by atoms with Gasteiger partial charge < -0.3 is 10.0 Å². The van der Waals surface area contributed by atoms with Crippen molar-refractivity contribution in [1.82, 2.24) is 4.90 Å². The van der Waals surface area contributed by atoms with Gasteiger partial charge >= 0.3 is 6.18 Å². The normalized spacial score (nSPS) is 27.7. The largest absolute Gasteiger partial charge is 0.397 e. The predicted octanol–water partition coefficient (Wildman–Crippen LogP) is 1.70. The van der Waals surface area contributed by atoms with Crippen molar-refractivity contribution in [2.45, 2.75) is 44.4 Å². The Morgan fingerprint density at radius 1 is 1.38 bits per heavy atom. The molecule has 1 fully saturated rings. The van der Waals surface area contributed by atoms with Gasteiger partial charge in [0.05, 0.1) is 5.60 Å². The van der Waals surface area contributed by atoms with Crippen molar-refractivity contribution in [3.05, 3.63) is 0 Å². The summed E-state index contributed by atoms with van der Waals surface area (Å²) in [6.07, 6.45) is -4.48. The molecule has 0 aromatic carbocycles. The maximum Gasteiger partial charge on any atom is 0.397 e. The van der Waals surface area contributed by atoms with Gasteiger partial charge in [-0.25, -0.2) is 0 Å². The number of carbonyl (C=O) groups excluding carboxylic acids is 1. The number of rotatable bonds is 1. The molecule has 0 radical (unpaired) electrons. The summed E-state index contributed by atoms with van der Waals surface area (Å²) < 4.78 is 36.1. The third kappa shape index (κ3) is 4.38. The van der Waals surface area contributed by atoms with E-state index in [4.69, 9.17) is 0 Å². The van der Waals surface area contributed by atoms with E-state index >= 15 is 0 Å². The van der Waals surface area contributed by atoms with E-state index < -0.39 is 24.1 Å². The Morgan fingerprint density at radius 2 is 2.00 bits per heavy atom. The standard InChI is InChI=1S/C10H16F3NO2/c1-9(16)3-2-5-14(6-4-9)8(15)7-10(11,12)13/h16H,2-7H2,1H3. The van der Waals surface area contributed by atoms with Crippen molar-refractivity contribution in [3.8, 4) is 0 Å². The minimum atomic E-state index is -4.45. The van der Waals surface area contributed by atoms with Gasteiger partial charge in [-0.2, -0.15) is 13.2 Å². The number of hydrogen-bond donors (Lipinski definition) is 1. The van der Waals surface area contributed by atoms with E-state index in [1.165, 1.54) is 4.90 Å². The van der Waals surface area contributed by atoms with Gasteiger partial charge in [-0.3, -0.25) is 4.79 Å². The zero-order valence-electron chi connectivity index (χ0n) is 9.18. The Morgan fingerprint density at radius 3 is 2.56 bits per heavy atom. The SMILES string of the molecule is CC1(O)CCCN(C(=O)CC(F)(F)F)CC1. The highest BCUT2D eigenvalue weighted by atomic mass is 19.4. The number of aliphatic hydroxyl groups is 1. The van der Waals surface area contributed by atoms with Crippen LogP contribution in [0.2, 0.25) is 0 Å². The van der Waals surface area contributed by atoms with E-state index in [-0.39, 0.29) is 6.54 Å². The van der Waals surface area contributed by atoms with Crippen molar-refractivity contribution in [1.29, 1.82) is 0 Å². The highest BCUT2D eigenvalue weighted by molar-refractivity contribution is 5.76. The van der Waals surface area contributed by atoms with Gasteiger partial charge in [0.15, 0.2) is 0 Å². The molecular formula is C10H16F3NO2. The molecule has 0 aromatic rings. The molecule has 16 heavy (non-hydrogen) atoms. The molecule has 1 saturated heterocycles. The molecule has 1 aliphatic rings. The number of nitrogens with zero attached hydrogens (tertiary/aromatic N) is 1. The van der Waals surface area contributed by atoms with Gasteiger partial charge in [-0.15, -0.1) is 0 Å². The highest BCUT2D eigenvalue weighted by Gasteiger charge is 2.35. The number of likely N-dealkylation sites (tertiary alicyclic amines) is 1. The highest BCUT2D eigenvalue weighted by Crippen LogP contribution is 2.24. The summed E-state index contributed by atoms with van der Waals surface area (Å²) in [4.78, 5) is 12.5. The fourth-order valence-electron chi connectivity index (χ4n) is 1.80. The first-order valence-electron chi connectivity index (χ1n) is 5.26. The number of hydrogen-bond acceptors (Lipinski definition) is 2. The first kappa shape index (κ1) is 13.3. The summed E-state index contributed by atoms with van der Waals surface area (Å²) in [7, 11) is 0. The molecule has 1 atom stereocenters. The van der Waals surface area contributed by atoms with Crippen molar-refractivity contribution in [2.75, 3.05) is 13.1 Å². The lowest BCUT2D eigenvalue weighted by Gasteiger charge is -2.23. The molecule has 0 aromatic heterocycles. The Bertz CT molecular complexity index is 263. The Balaban J connectivity index is 2.52. The number of halogens is 3. The van der Waals surface area contributed by atoms with Crippen LogP contribution in [0.1, 0.15) is 32.6 Å². The average Bonchev–Trinajstić information content (AvgIpc) is 2.23. The van der Waals surface area contributed by atoms with Crippen LogP contribution in [0, 0.1) is 0 Å². The molecule has 1 aliphatic heterocycles. The zero-order valence-corrected chi connectivity index (χ0v) is 9.18. The second-order valence-electron chi connectivity index (χ2n) is 4.52. The molecule has 1 N–H and O–H groups in total. The summed E-state index contributed by atoms with van der Waals surface area (Å²) >= 11 is 0. The van der Waals surface area contributed by atoms with E-state index in [0.717, 1.165) is 0 Å². The molecule has 94 valence electrons. The molecule has 0 spiro atoms. The second kappa shape index (κ2) is 4.61. The molecule has 1 unspecified atom stereocenters. The summed E-state index contributed by atoms with van der Waals surface area (Å²) in [5, 5.41) is 9.73. The lowest BCUT2D eigenvalue weighted by atomic mass is 9.98. The molecule has 0 aliphatic carbocycles. The minimum Gasteiger partial charge on any atom is -0.390 e. The minimum absolute atomic E-state index is 0.196. The molecule has 6 heteroatoms. The molecule has 0 saturated carbocycles. The second-order valence-corrected chi connectivity index (χ2v) is 4.52. The Hall–Kier alpha value is -0.780. The van der Waals surface area contributed by atoms with E-state index in [1.807, 2.05) is 0 Å². The van der Waals surface area contributed by atoms with Gasteiger partial charge in [-0.05, 0) is 26.2 Å². The third-order valence-electron chi connectivity index (χ3n) is 2.77. The van der Waals surface area contributed by atoms with Crippen LogP contribution in [-0.4, -0.2) is 40.8 Å². The van der Waals surface area contributed by atoms with Crippen LogP contribution in [0.15, 0.2) is 0 Å². The topological polar surface area (TPSA) is 40.5 Å². The van der Waals surface area contributed by atoms with Crippen LogP contribution >= 0.6 is 0 Å². The summed E-state index contributed by atoms with van der Waals surface area (Å²) in [5.74, 6) is -0.898. The first-order valence-corrected chi connectivity index (χ1v) is 5.26. The number of amides is 1. The zero-order chi connectivity index (χ0) is 12.4. The number of alkyl halides is 3. The quantitative estimate of drug-likeness (QED) is 0.756. The van der Waals surface area contributed by atoms with E-state index in [1.54, 1.807) is 6.92 Å². The van der Waals surface area contributed by atoms with Crippen molar-refractivity contribution in [3.63, 3.8) is 0 Å². The lowest BCUT2D eigenvalue weighted by Crippen LogP contribution is -2.36. The van der Waals surface area contributed by atoms with Crippen molar-refractivity contribution < 1.29 is 23.1 Å². The Kier molecular flexibility index (Phi) is 3.83. The lowest BCUT2D eigenvalue weighted by molar-refractivity contribution is -0.161. The summed E-state index contributed by atoms with van der Waals surface area (Å²) in [6.45, 7) is 2.14. The average molecular weight is 239 g/mol. The van der Waals surface area contributed by atoms with Crippen LogP contribution < -0.4 is 0 Å². The van der Waals surface area contributed by atoms with Crippen LogP contribution in [0.25, 0.3) is 0 Å². The van der Waals surface area contributed by atoms with Gasteiger partial charge in [-0.1, -0.05) is 0 Å². The van der Waals surface area contributed by atoms with Crippen LogP contribution in [0.4, 0.5) is 13.2 Å². The third-order valence-corrected chi connectivity index (χ3v) is 2.77. The van der Waals surface area contributed by atoms with Gasteiger partial charge in [0, 0.05) is 13.1 Å². The fraction of sp³-hybridized carbons (Fsp3) is 0.900. The van der Waals surface area contributed by atoms with E-state index in [9.17, 15) is 23.1 Å². The maximum absolute atomic E-state index is 12.0. The van der Waals surface area contributed by atoms with Gasteiger partial charge in [0.1, 0.15) is 6.42 Å². The predicted molar refractivity (Wildman–Crippen MR) is 51.7 cm³/mol. The molecule has 0 bridgehead atoms.